The zero-order chi connectivity index (χ0) is 14.1. The van der Waals surface area contributed by atoms with Crippen LogP contribution in [0, 0.1) is 17.8 Å². The van der Waals surface area contributed by atoms with Crippen LogP contribution >= 0.6 is 0 Å². The lowest BCUT2D eigenvalue weighted by molar-refractivity contribution is -0.554. The van der Waals surface area contributed by atoms with Crippen molar-refractivity contribution in [1.82, 2.24) is 0 Å². The van der Waals surface area contributed by atoms with Gasteiger partial charge in [-0.15, -0.1) is 0 Å². The van der Waals surface area contributed by atoms with Crippen LogP contribution in [0.25, 0.3) is 0 Å². The van der Waals surface area contributed by atoms with Crippen molar-refractivity contribution in [2.75, 3.05) is 0 Å². The Bertz CT molecular complexity index is 489. The van der Waals surface area contributed by atoms with E-state index in [4.69, 9.17) is 19.2 Å². The van der Waals surface area contributed by atoms with Crippen molar-refractivity contribution >= 4 is 5.97 Å². The molecule has 0 radical (unpaired) electrons. The van der Waals surface area contributed by atoms with E-state index >= 15 is 0 Å². The van der Waals surface area contributed by atoms with Gasteiger partial charge in [-0.3, -0.25) is 0 Å². The fourth-order valence-electron chi connectivity index (χ4n) is 4.46. The molecule has 4 aliphatic heterocycles. The van der Waals surface area contributed by atoms with E-state index in [1.807, 2.05) is 6.92 Å². The lowest BCUT2D eigenvalue weighted by Gasteiger charge is -2.56. The average Bonchev–Trinajstić information content (AvgIpc) is 2.63. The first kappa shape index (κ1) is 12.8. The van der Waals surface area contributed by atoms with Crippen LogP contribution in [0.15, 0.2) is 12.2 Å². The van der Waals surface area contributed by atoms with Crippen LogP contribution in [0.1, 0.15) is 39.5 Å². The number of esters is 1. The van der Waals surface area contributed by atoms with Crippen LogP contribution in [0.4, 0.5) is 0 Å². The first-order chi connectivity index (χ1) is 9.46. The summed E-state index contributed by atoms with van der Waals surface area (Å²) < 4.78 is 11.5. The SMILES string of the molecule is C=C1C(=O)OC2O[C@@]3(C)CCC4[C@H](C)CCC1C24OO3. The third-order valence-corrected chi connectivity index (χ3v) is 5.62. The number of carbonyl (C=O) groups excluding carboxylic acids is 1. The Kier molecular flexibility index (Phi) is 2.46. The largest absolute Gasteiger partial charge is 0.429 e. The van der Waals surface area contributed by atoms with Gasteiger partial charge in [0.2, 0.25) is 12.1 Å². The molecule has 1 aliphatic carbocycles. The van der Waals surface area contributed by atoms with Crippen LogP contribution in [-0.4, -0.2) is 23.6 Å². The molecule has 0 aromatic carbocycles. The van der Waals surface area contributed by atoms with E-state index in [2.05, 4.69) is 13.5 Å². The fourth-order valence-corrected chi connectivity index (χ4v) is 4.46. The molecule has 2 bridgehead atoms. The van der Waals surface area contributed by atoms with Gasteiger partial charge in [0.1, 0.15) is 0 Å². The van der Waals surface area contributed by atoms with E-state index in [9.17, 15) is 4.79 Å². The summed E-state index contributed by atoms with van der Waals surface area (Å²) in [4.78, 5) is 23.5. The summed E-state index contributed by atoms with van der Waals surface area (Å²) >= 11 is 0. The van der Waals surface area contributed by atoms with Crippen LogP contribution < -0.4 is 0 Å². The second-order valence-electron chi connectivity index (χ2n) is 6.79. The van der Waals surface area contributed by atoms with Crippen molar-refractivity contribution in [2.45, 2.75) is 57.2 Å². The summed E-state index contributed by atoms with van der Waals surface area (Å²) in [5, 5.41) is 0. The normalized spacial score (nSPS) is 54.1. The molecule has 5 rings (SSSR count). The third-order valence-electron chi connectivity index (χ3n) is 5.62. The molecule has 0 amide bonds. The molecule has 20 heavy (non-hydrogen) atoms. The van der Waals surface area contributed by atoms with Gasteiger partial charge in [-0.05, 0) is 32.1 Å². The Labute approximate surface area is 118 Å². The molecule has 5 heteroatoms. The van der Waals surface area contributed by atoms with Crippen molar-refractivity contribution in [3.8, 4) is 0 Å². The molecule has 1 saturated carbocycles. The van der Waals surface area contributed by atoms with Crippen LogP contribution in [0.2, 0.25) is 0 Å². The Morgan fingerprint density at radius 3 is 2.85 bits per heavy atom. The van der Waals surface area contributed by atoms with E-state index in [0.29, 0.717) is 11.5 Å². The standard InChI is InChI=1S/C15H20O5/c1-8-4-5-11-9(2)12(16)17-13-15(11)10(8)6-7-14(3,18-13)19-20-15/h8,10-11,13H,2,4-7H2,1,3H3/t8-,10?,11?,13?,14-,15?/m1/s1. The highest BCUT2D eigenvalue weighted by molar-refractivity contribution is 5.89. The molecule has 110 valence electrons. The number of fused-ring (bicyclic) bond motifs is 2. The van der Waals surface area contributed by atoms with Crippen molar-refractivity contribution < 1.29 is 24.0 Å². The van der Waals surface area contributed by atoms with Gasteiger partial charge >= 0.3 is 5.97 Å². The van der Waals surface area contributed by atoms with Gasteiger partial charge in [0.05, 0.1) is 0 Å². The van der Waals surface area contributed by atoms with Crippen LogP contribution in [-0.2, 0) is 24.0 Å². The molecule has 0 aromatic heterocycles. The molecule has 5 aliphatic rings. The summed E-state index contributed by atoms with van der Waals surface area (Å²) in [6.45, 7) is 8.00. The maximum atomic E-state index is 12.0. The number of hydrogen-bond donors (Lipinski definition) is 0. The third kappa shape index (κ3) is 1.41. The predicted molar refractivity (Wildman–Crippen MR) is 68.0 cm³/mol. The Morgan fingerprint density at radius 1 is 1.25 bits per heavy atom. The lowest BCUT2D eigenvalue weighted by Crippen LogP contribution is -2.68. The second-order valence-corrected chi connectivity index (χ2v) is 6.79. The highest BCUT2D eigenvalue weighted by atomic mass is 17.3. The zero-order valence-electron chi connectivity index (χ0n) is 11.9. The number of carbonyl (C=O) groups is 1. The van der Waals surface area contributed by atoms with E-state index < -0.39 is 17.7 Å². The van der Waals surface area contributed by atoms with Crippen molar-refractivity contribution in [2.24, 2.45) is 17.8 Å². The Morgan fingerprint density at radius 2 is 2.05 bits per heavy atom. The highest BCUT2D eigenvalue weighted by Gasteiger charge is 2.69. The summed E-state index contributed by atoms with van der Waals surface area (Å²) in [5.41, 5.74) is -0.213. The maximum absolute atomic E-state index is 12.0. The summed E-state index contributed by atoms with van der Waals surface area (Å²) in [5.74, 6) is -0.501. The van der Waals surface area contributed by atoms with E-state index in [0.717, 1.165) is 25.7 Å². The minimum atomic E-state index is -0.823. The summed E-state index contributed by atoms with van der Waals surface area (Å²) in [7, 11) is 0. The minimum Gasteiger partial charge on any atom is -0.429 e. The second kappa shape index (κ2) is 3.84. The number of rotatable bonds is 0. The molecule has 4 heterocycles. The van der Waals surface area contributed by atoms with Crippen LogP contribution in [0.3, 0.4) is 0 Å². The first-order valence-corrected chi connectivity index (χ1v) is 7.41. The quantitative estimate of drug-likeness (QED) is 0.387. The van der Waals surface area contributed by atoms with Gasteiger partial charge < -0.3 is 9.47 Å². The van der Waals surface area contributed by atoms with E-state index in [1.54, 1.807) is 0 Å². The monoisotopic (exact) mass is 280 g/mol. The maximum Gasteiger partial charge on any atom is 0.336 e. The van der Waals surface area contributed by atoms with Gasteiger partial charge in [-0.25, -0.2) is 14.6 Å². The Hall–Kier alpha value is -0.910. The summed E-state index contributed by atoms with van der Waals surface area (Å²) in [6.07, 6.45) is 2.95. The molecule has 5 nitrogen and oxygen atoms in total. The molecule has 4 unspecified atom stereocenters. The number of ether oxygens (including phenoxy) is 2. The van der Waals surface area contributed by atoms with Crippen molar-refractivity contribution in [3.63, 3.8) is 0 Å². The van der Waals surface area contributed by atoms with Gasteiger partial charge in [-0.2, -0.15) is 0 Å². The minimum absolute atomic E-state index is 0.0717. The zero-order valence-corrected chi connectivity index (χ0v) is 11.9. The highest BCUT2D eigenvalue weighted by Crippen LogP contribution is 2.59. The Balaban J connectivity index is 1.86. The van der Waals surface area contributed by atoms with Crippen LogP contribution in [0.5, 0.6) is 0 Å². The average molecular weight is 280 g/mol. The molecule has 4 saturated heterocycles. The van der Waals surface area contributed by atoms with Gasteiger partial charge in [0.25, 0.3) is 0 Å². The molecule has 0 N–H and O–H groups in total. The van der Waals surface area contributed by atoms with Crippen molar-refractivity contribution in [3.05, 3.63) is 12.2 Å². The van der Waals surface area contributed by atoms with Crippen molar-refractivity contribution in [1.29, 1.82) is 0 Å². The molecule has 5 fully saturated rings. The predicted octanol–water partition coefficient (Wildman–Crippen LogP) is 2.32. The topological polar surface area (TPSA) is 54.0 Å². The van der Waals surface area contributed by atoms with Gasteiger partial charge in [0.15, 0.2) is 5.60 Å². The molecular weight excluding hydrogens is 260 g/mol. The summed E-state index contributed by atoms with van der Waals surface area (Å²) in [6, 6.07) is 0. The molecule has 0 aromatic rings. The fraction of sp³-hybridized carbons (Fsp3) is 0.800. The molecular formula is C15H20O5. The van der Waals surface area contributed by atoms with E-state index in [1.165, 1.54) is 0 Å². The first-order valence-electron chi connectivity index (χ1n) is 7.41. The smallest absolute Gasteiger partial charge is 0.336 e. The lowest BCUT2D eigenvalue weighted by atomic mass is 9.59. The van der Waals surface area contributed by atoms with Gasteiger partial charge in [-0.1, -0.05) is 13.5 Å². The number of hydrogen-bond acceptors (Lipinski definition) is 5. The molecule has 6 atom stereocenters. The van der Waals surface area contributed by atoms with E-state index in [-0.39, 0.29) is 17.8 Å². The van der Waals surface area contributed by atoms with Gasteiger partial charge in [0, 0.05) is 23.8 Å². The molecule has 1 spiro atoms.